The Hall–Kier alpha value is -4.71. The minimum Gasteiger partial charge on any atom is -0.462 e. The Labute approximate surface area is 493 Å². The van der Waals surface area contributed by atoms with Crippen molar-refractivity contribution in [2.45, 2.75) is 290 Å². The van der Waals surface area contributed by atoms with E-state index in [0.717, 1.165) is 154 Å². The van der Waals surface area contributed by atoms with Gasteiger partial charge in [0.15, 0.2) is 6.10 Å². The van der Waals surface area contributed by atoms with Crippen LogP contribution in [0.1, 0.15) is 284 Å². The molecule has 0 aliphatic rings. The van der Waals surface area contributed by atoms with Crippen LogP contribution in [0.2, 0.25) is 0 Å². The fourth-order valence-electron chi connectivity index (χ4n) is 8.70. The Kier molecular flexibility index (Phi) is 62.9. The second-order valence-electron chi connectivity index (χ2n) is 21.3. The molecule has 0 aromatic carbocycles. The second kappa shape index (κ2) is 66.8. The Morgan fingerprint density at radius 3 is 0.762 bits per heavy atom. The van der Waals surface area contributed by atoms with E-state index in [0.29, 0.717) is 19.3 Å². The lowest BCUT2D eigenvalue weighted by Crippen LogP contribution is -2.30. The van der Waals surface area contributed by atoms with Crippen LogP contribution in [0, 0.1) is 0 Å². The van der Waals surface area contributed by atoms with Gasteiger partial charge in [-0.05, 0) is 141 Å². The van der Waals surface area contributed by atoms with Crippen molar-refractivity contribution in [1.29, 1.82) is 0 Å². The van der Waals surface area contributed by atoms with Crippen LogP contribution in [0.15, 0.2) is 146 Å². The highest BCUT2D eigenvalue weighted by molar-refractivity contribution is 5.71. The fourth-order valence-corrected chi connectivity index (χ4v) is 8.70. The molecular formula is C74H120O6. The zero-order valence-corrected chi connectivity index (χ0v) is 51.8. The summed E-state index contributed by atoms with van der Waals surface area (Å²) in [6.07, 6.45) is 95.5. The van der Waals surface area contributed by atoms with Crippen LogP contribution in [0.25, 0.3) is 0 Å². The minimum atomic E-state index is -0.805. The Balaban J connectivity index is 4.49. The first-order valence-corrected chi connectivity index (χ1v) is 32.8. The van der Waals surface area contributed by atoms with Gasteiger partial charge in [-0.3, -0.25) is 14.4 Å². The lowest BCUT2D eigenvalue weighted by Gasteiger charge is -2.18. The van der Waals surface area contributed by atoms with Gasteiger partial charge in [-0.2, -0.15) is 0 Å². The molecule has 6 nitrogen and oxygen atoms in total. The Morgan fingerprint density at radius 2 is 0.487 bits per heavy atom. The smallest absolute Gasteiger partial charge is 0.306 e. The van der Waals surface area contributed by atoms with E-state index in [1.807, 2.05) is 0 Å². The molecule has 0 saturated heterocycles. The van der Waals surface area contributed by atoms with E-state index in [9.17, 15) is 14.4 Å². The van der Waals surface area contributed by atoms with Crippen LogP contribution < -0.4 is 0 Å². The summed E-state index contributed by atoms with van der Waals surface area (Å²) in [4.78, 5) is 38.4. The summed E-state index contributed by atoms with van der Waals surface area (Å²) in [5, 5.41) is 0. The first-order chi connectivity index (χ1) is 39.5. The van der Waals surface area contributed by atoms with Crippen LogP contribution in [0.5, 0.6) is 0 Å². The van der Waals surface area contributed by atoms with Gasteiger partial charge < -0.3 is 14.2 Å². The van der Waals surface area contributed by atoms with Crippen LogP contribution in [0.3, 0.4) is 0 Å². The number of carbonyl (C=O) groups excluding carboxylic acids is 3. The van der Waals surface area contributed by atoms with Crippen molar-refractivity contribution in [3.8, 4) is 0 Å². The summed E-state index contributed by atoms with van der Waals surface area (Å²) in [7, 11) is 0. The van der Waals surface area contributed by atoms with Crippen LogP contribution in [-0.2, 0) is 28.6 Å². The van der Waals surface area contributed by atoms with E-state index in [4.69, 9.17) is 14.2 Å². The maximum absolute atomic E-state index is 12.9. The molecular weight excluding hydrogens is 985 g/mol. The third-order valence-corrected chi connectivity index (χ3v) is 13.6. The van der Waals surface area contributed by atoms with Crippen molar-refractivity contribution < 1.29 is 28.6 Å². The predicted molar refractivity (Wildman–Crippen MR) is 348 cm³/mol. The van der Waals surface area contributed by atoms with Crippen molar-refractivity contribution in [2.24, 2.45) is 0 Å². The van der Waals surface area contributed by atoms with E-state index in [1.165, 1.54) is 89.9 Å². The standard InChI is InChI=1S/C74H120O6/c1-4-7-10-13-16-19-22-25-28-31-34-36-37-39-40-43-46-49-52-55-58-61-64-67-73(76)79-70-71(69-78-72(75)66-63-60-57-54-51-48-45-42-33-30-27-24-21-18-15-12-9-6-3)80-74(77)68-65-62-59-56-53-50-47-44-41-38-35-32-29-26-23-20-17-14-11-8-5-2/h7-8,10-11,16-17,19-21,24-26,28-30,33-36,38-40,46,49,71H,4-6,9,12-15,18,22-23,27,31-32,37,41-45,47-48,50-70H2,1-3H3/b10-7-,11-8-,19-16-,20-17-,24-21-,28-25-,29-26-,33-30-,36-34-,38-35-,40-39-,49-46-. The molecule has 1 unspecified atom stereocenters. The molecule has 6 heteroatoms. The van der Waals surface area contributed by atoms with Gasteiger partial charge in [0.2, 0.25) is 0 Å². The minimum absolute atomic E-state index is 0.0987. The lowest BCUT2D eigenvalue weighted by atomic mass is 10.1. The Morgan fingerprint density at radius 1 is 0.263 bits per heavy atom. The zero-order chi connectivity index (χ0) is 57.8. The van der Waals surface area contributed by atoms with Crippen molar-refractivity contribution in [3.63, 3.8) is 0 Å². The largest absolute Gasteiger partial charge is 0.462 e. The molecule has 0 heterocycles. The quantitative estimate of drug-likeness (QED) is 0.0261. The first-order valence-electron chi connectivity index (χ1n) is 32.8. The Bertz CT molecular complexity index is 1750. The highest BCUT2D eigenvalue weighted by atomic mass is 16.6. The van der Waals surface area contributed by atoms with E-state index in [2.05, 4.69) is 167 Å². The molecule has 0 aromatic heterocycles. The fraction of sp³-hybridized carbons (Fsp3) is 0.635. The summed E-state index contributed by atoms with van der Waals surface area (Å²) in [6, 6.07) is 0. The van der Waals surface area contributed by atoms with E-state index < -0.39 is 6.10 Å². The summed E-state index contributed by atoms with van der Waals surface area (Å²) >= 11 is 0. The molecule has 0 aliphatic heterocycles. The number of unbranched alkanes of at least 4 members (excludes halogenated alkanes) is 23. The molecule has 0 bridgehead atoms. The summed E-state index contributed by atoms with van der Waals surface area (Å²) in [6.45, 7) is 6.37. The highest BCUT2D eigenvalue weighted by Gasteiger charge is 2.19. The number of hydrogen-bond acceptors (Lipinski definition) is 6. The maximum atomic E-state index is 12.9. The molecule has 0 aliphatic carbocycles. The normalized spacial score (nSPS) is 13.1. The van der Waals surface area contributed by atoms with E-state index >= 15 is 0 Å². The number of allylic oxidation sites excluding steroid dienone is 24. The van der Waals surface area contributed by atoms with Gasteiger partial charge in [0.05, 0.1) is 0 Å². The predicted octanol–water partition coefficient (Wildman–Crippen LogP) is 22.7. The van der Waals surface area contributed by atoms with Crippen LogP contribution >= 0.6 is 0 Å². The molecule has 0 radical (unpaired) electrons. The molecule has 0 saturated carbocycles. The summed E-state index contributed by atoms with van der Waals surface area (Å²) < 4.78 is 16.9. The molecule has 0 amide bonds. The van der Waals surface area contributed by atoms with Gasteiger partial charge in [-0.1, -0.05) is 269 Å². The van der Waals surface area contributed by atoms with Gasteiger partial charge in [0.1, 0.15) is 13.2 Å². The summed E-state index contributed by atoms with van der Waals surface area (Å²) in [5.41, 5.74) is 0. The number of hydrogen-bond donors (Lipinski definition) is 0. The zero-order valence-electron chi connectivity index (χ0n) is 51.8. The van der Waals surface area contributed by atoms with Crippen LogP contribution in [0.4, 0.5) is 0 Å². The molecule has 0 fully saturated rings. The monoisotopic (exact) mass is 1100 g/mol. The molecule has 80 heavy (non-hydrogen) atoms. The van der Waals surface area contributed by atoms with Crippen molar-refractivity contribution >= 4 is 17.9 Å². The van der Waals surface area contributed by atoms with Gasteiger partial charge in [-0.15, -0.1) is 0 Å². The van der Waals surface area contributed by atoms with Gasteiger partial charge in [-0.25, -0.2) is 0 Å². The number of rotatable bonds is 58. The van der Waals surface area contributed by atoms with E-state index in [-0.39, 0.29) is 31.1 Å². The van der Waals surface area contributed by atoms with Crippen molar-refractivity contribution in [3.05, 3.63) is 146 Å². The van der Waals surface area contributed by atoms with E-state index in [1.54, 1.807) is 0 Å². The third-order valence-electron chi connectivity index (χ3n) is 13.6. The average molecular weight is 1110 g/mol. The SMILES string of the molecule is CC/C=C\C/C=C\C/C=C\C/C=C\C/C=C\C/C=C\CCCCCCC(=O)OCC(COC(=O)CCCCCCCCC/C=C\C/C=C\CCCCCC)OC(=O)CCCCCCCCCC/C=C\C/C=C\C/C=C\C/C=C\CC. The van der Waals surface area contributed by atoms with Crippen molar-refractivity contribution in [2.75, 3.05) is 13.2 Å². The summed E-state index contributed by atoms with van der Waals surface area (Å²) in [5.74, 6) is -0.937. The second-order valence-corrected chi connectivity index (χ2v) is 21.3. The lowest BCUT2D eigenvalue weighted by molar-refractivity contribution is -0.167. The molecule has 452 valence electrons. The number of carbonyl (C=O) groups is 3. The van der Waals surface area contributed by atoms with Gasteiger partial charge >= 0.3 is 17.9 Å². The van der Waals surface area contributed by atoms with Gasteiger partial charge in [0.25, 0.3) is 0 Å². The third kappa shape index (κ3) is 64.1. The number of esters is 3. The highest BCUT2D eigenvalue weighted by Crippen LogP contribution is 2.15. The topological polar surface area (TPSA) is 78.9 Å². The molecule has 0 N–H and O–H groups in total. The van der Waals surface area contributed by atoms with Crippen LogP contribution in [-0.4, -0.2) is 37.2 Å². The average Bonchev–Trinajstić information content (AvgIpc) is 3.46. The van der Waals surface area contributed by atoms with Crippen molar-refractivity contribution in [1.82, 2.24) is 0 Å². The van der Waals surface area contributed by atoms with Gasteiger partial charge in [0, 0.05) is 19.3 Å². The molecule has 0 aromatic rings. The molecule has 1 atom stereocenters. The number of ether oxygens (including phenoxy) is 3. The maximum Gasteiger partial charge on any atom is 0.306 e. The molecule has 0 rings (SSSR count). The molecule has 0 spiro atoms. The first kappa shape index (κ1) is 75.3.